The molecule has 0 aliphatic carbocycles. The fraction of sp³-hybridized carbons (Fsp3) is 0.308. The van der Waals surface area contributed by atoms with E-state index < -0.39 is 0 Å². The Morgan fingerprint density at radius 2 is 1.75 bits per heavy atom. The molecule has 6 nitrogen and oxygen atoms in total. The molecule has 0 aromatic carbocycles. The van der Waals surface area contributed by atoms with E-state index in [1.165, 1.54) is 0 Å². The van der Waals surface area contributed by atoms with Crippen molar-refractivity contribution < 1.29 is 0 Å². The van der Waals surface area contributed by atoms with Crippen LogP contribution in [0.5, 0.6) is 0 Å². The van der Waals surface area contributed by atoms with Gasteiger partial charge in [0.15, 0.2) is 0 Å². The highest BCUT2D eigenvalue weighted by Crippen LogP contribution is 2.21. The highest BCUT2D eigenvalue weighted by atomic mass is 127. The number of aromatic nitrogens is 3. The summed E-state index contributed by atoms with van der Waals surface area (Å²) in [4.78, 5) is 17.3. The SMILES string of the molecule is Nc1ccc(N2CCN(c3ncncc3I)CC2)nc1. The van der Waals surface area contributed by atoms with Crippen molar-refractivity contribution in [2.75, 3.05) is 41.7 Å². The normalized spacial score (nSPS) is 15.4. The van der Waals surface area contributed by atoms with Gasteiger partial charge in [-0.3, -0.25) is 0 Å². The Balaban J connectivity index is 1.68. The van der Waals surface area contributed by atoms with Crippen molar-refractivity contribution in [1.29, 1.82) is 0 Å². The smallest absolute Gasteiger partial charge is 0.145 e. The van der Waals surface area contributed by atoms with E-state index in [4.69, 9.17) is 5.73 Å². The molecule has 2 aromatic heterocycles. The number of anilines is 3. The second-order valence-electron chi connectivity index (χ2n) is 4.62. The van der Waals surface area contributed by atoms with Gasteiger partial charge in [-0.05, 0) is 34.7 Å². The van der Waals surface area contributed by atoms with Crippen LogP contribution in [0.3, 0.4) is 0 Å². The van der Waals surface area contributed by atoms with Crippen molar-refractivity contribution in [3.63, 3.8) is 0 Å². The third-order valence-corrected chi connectivity index (χ3v) is 4.08. The van der Waals surface area contributed by atoms with Crippen LogP contribution >= 0.6 is 22.6 Å². The molecule has 1 fully saturated rings. The van der Waals surface area contributed by atoms with E-state index in [9.17, 15) is 0 Å². The highest BCUT2D eigenvalue weighted by Gasteiger charge is 2.20. The first-order chi connectivity index (χ1) is 9.74. The van der Waals surface area contributed by atoms with Crippen molar-refractivity contribution in [1.82, 2.24) is 15.0 Å². The summed E-state index contributed by atoms with van der Waals surface area (Å²) in [6, 6.07) is 3.86. The molecule has 0 amide bonds. The molecule has 1 aliphatic rings. The van der Waals surface area contributed by atoms with Gasteiger partial charge in [-0.25, -0.2) is 15.0 Å². The maximum atomic E-state index is 5.67. The van der Waals surface area contributed by atoms with Crippen LogP contribution in [0.2, 0.25) is 0 Å². The van der Waals surface area contributed by atoms with Crippen LogP contribution in [0.25, 0.3) is 0 Å². The van der Waals surface area contributed by atoms with Gasteiger partial charge >= 0.3 is 0 Å². The quantitative estimate of drug-likeness (QED) is 0.792. The number of nitrogen functional groups attached to an aromatic ring is 1. The number of hydrogen-bond acceptors (Lipinski definition) is 6. The number of hydrogen-bond donors (Lipinski definition) is 1. The number of rotatable bonds is 2. The first-order valence-corrected chi connectivity index (χ1v) is 7.49. The molecule has 20 heavy (non-hydrogen) atoms. The Morgan fingerprint density at radius 3 is 2.40 bits per heavy atom. The minimum absolute atomic E-state index is 0.697. The van der Waals surface area contributed by atoms with Gasteiger partial charge in [0, 0.05) is 32.4 Å². The van der Waals surface area contributed by atoms with Crippen molar-refractivity contribution >= 4 is 39.9 Å². The molecule has 0 spiro atoms. The Morgan fingerprint density at radius 1 is 1.00 bits per heavy atom. The van der Waals surface area contributed by atoms with Gasteiger partial charge in [0.2, 0.25) is 0 Å². The molecule has 1 saturated heterocycles. The van der Waals surface area contributed by atoms with Crippen LogP contribution in [-0.2, 0) is 0 Å². The third kappa shape index (κ3) is 2.77. The summed E-state index contributed by atoms with van der Waals surface area (Å²) in [6.45, 7) is 3.71. The summed E-state index contributed by atoms with van der Waals surface area (Å²) in [5, 5.41) is 0. The van der Waals surface area contributed by atoms with Crippen molar-refractivity contribution in [3.05, 3.63) is 34.4 Å². The van der Waals surface area contributed by atoms with E-state index in [0.29, 0.717) is 5.69 Å². The van der Waals surface area contributed by atoms with Crippen LogP contribution < -0.4 is 15.5 Å². The predicted octanol–water partition coefficient (Wildman–Crippen LogP) is 1.39. The summed E-state index contributed by atoms with van der Waals surface area (Å²) in [6.07, 6.45) is 5.15. The predicted molar refractivity (Wildman–Crippen MR) is 87.8 cm³/mol. The van der Waals surface area contributed by atoms with Gasteiger partial charge < -0.3 is 15.5 Å². The fourth-order valence-corrected chi connectivity index (χ4v) is 2.91. The molecule has 7 heteroatoms. The number of pyridine rings is 1. The zero-order chi connectivity index (χ0) is 13.9. The van der Waals surface area contributed by atoms with E-state index in [1.54, 1.807) is 12.5 Å². The maximum absolute atomic E-state index is 5.67. The average molecular weight is 382 g/mol. The molecule has 2 N–H and O–H groups in total. The molecule has 0 saturated carbocycles. The average Bonchev–Trinajstić information content (AvgIpc) is 2.49. The standard InChI is InChI=1S/C13H15IN6/c14-11-8-16-9-18-13(11)20-5-3-19(4-6-20)12-2-1-10(15)7-17-12/h1-2,7-9H,3-6,15H2. The van der Waals surface area contributed by atoms with Crippen LogP contribution in [0.15, 0.2) is 30.9 Å². The van der Waals surface area contributed by atoms with Gasteiger partial charge in [-0.2, -0.15) is 0 Å². The van der Waals surface area contributed by atoms with Gasteiger partial charge in [-0.15, -0.1) is 0 Å². The molecule has 104 valence electrons. The first-order valence-electron chi connectivity index (χ1n) is 6.41. The number of nitrogens with two attached hydrogens (primary N) is 1. The zero-order valence-electron chi connectivity index (χ0n) is 10.9. The summed E-state index contributed by atoms with van der Waals surface area (Å²) >= 11 is 2.28. The lowest BCUT2D eigenvalue weighted by Gasteiger charge is -2.36. The van der Waals surface area contributed by atoms with E-state index in [-0.39, 0.29) is 0 Å². The van der Waals surface area contributed by atoms with Crippen LogP contribution in [-0.4, -0.2) is 41.1 Å². The number of piperazine rings is 1. The lowest BCUT2D eigenvalue weighted by atomic mass is 10.3. The van der Waals surface area contributed by atoms with Crippen LogP contribution in [0.4, 0.5) is 17.3 Å². The second-order valence-corrected chi connectivity index (χ2v) is 5.78. The Kier molecular flexibility index (Phi) is 3.86. The topological polar surface area (TPSA) is 71.2 Å². The molecule has 0 radical (unpaired) electrons. The molecule has 1 aliphatic heterocycles. The number of halogens is 1. The lowest BCUT2D eigenvalue weighted by molar-refractivity contribution is 0.640. The van der Waals surface area contributed by atoms with Crippen molar-refractivity contribution in [2.24, 2.45) is 0 Å². The van der Waals surface area contributed by atoms with Gasteiger partial charge in [0.05, 0.1) is 15.5 Å². The van der Waals surface area contributed by atoms with Crippen LogP contribution in [0.1, 0.15) is 0 Å². The molecule has 0 unspecified atom stereocenters. The Hall–Kier alpha value is -1.64. The maximum Gasteiger partial charge on any atom is 0.145 e. The molecule has 0 bridgehead atoms. The van der Waals surface area contributed by atoms with Crippen LogP contribution in [0, 0.1) is 3.57 Å². The summed E-state index contributed by atoms with van der Waals surface area (Å²) < 4.78 is 1.09. The van der Waals surface area contributed by atoms with Crippen molar-refractivity contribution in [3.8, 4) is 0 Å². The lowest BCUT2D eigenvalue weighted by Crippen LogP contribution is -2.47. The first kappa shape index (κ1) is 13.3. The molecule has 3 heterocycles. The molecular weight excluding hydrogens is 367 g/mol. The highest BCUT2D eigenvalue weighted by molar-refractivity contribution is 14.1. The largest absolute Gasteiger partial charge is 0.397 e. The zero-order valence-corrected chi connectivity index (χ0v) is 13.1. The molecule has 3 rings (SSSR count). The van der Waals surface area contributed by atoms with E-state index in [1.807, 2.05) is 18.3 Å². The van der Waals surface area contributed by atoms with Gasteiger partial charge in [-0.1, -0.05) is 0 Å². The van der Waals surface area contributed by atoms with Gasteiger partial charge in [0.25, 0.3) is 0 Å². The third-order valence-electron chi connectivity index (χ3n) is 3.32. The second kappa shape index (κ2) is 5.78. The monoisotopic (exact) mass is 382 g/mol. The molecular formula is C13H15IN6. The summed E-state index contributed by atoms with van der Waals surface area (Å²) in [7, 11) is 0. The Labute approximate surface area is 131 Å². The van der Waals surface area contributed by atoms with E-state index in [0.717, 1.165) is 41.4 Å². The van der Waals surface area contributed by atoms with Crippen molar-refractivity contribution in [2.45, 2.75) is 0 Å². The van der Waals surface area contributed by atoms with E-state index in [2.05, 4.69) is 47.3 Å². The summed E-state index contributed by atoms with van der Waals surface area (Å²) in [5.74, 6) is 2.00. The minimum atomic E-state index is 0.697. The van der Waals surface area contributed by atoms with E-state index >= 15 is 0 Å². The molecule has 0 atom stereocenters. The summed E-state index contributed by atoms with van der Waals surface area (Å²) in [5.41, 5.74) is 6.36. The number of nitrogens with zero attached hydrogens (tertiary/aromatic N) is 5. The van der Waals surface area contributed by atoms with Gasteiger partial charge in [0.1, 0.15) is 18.0 Å². The Bertz CT molecular complexity index is 580. The molecule has 2 aromatic rings. The fourth-order valence-electron chi connectivity index (χ4n) is 2.27. The minimum Gasteiger partial charge on any atom is -0.397 e.